The number of rotatable bonds is 8. The summed E-state index contributed by atoms with van der Waals surface area (Å²) in [6.45, 7) is 18.9. The zero-order valence-corrected chi connectivity index (χ0v) is 52.8. The summed E-state index contributed by atoms with van der Waals surface area (Å²) in [5.41, 5.74) is 0.0552. The van der Waals surface area contributed by atoms with Gasteiger partial charge in [-0.2, -0.15) is 18.2 Å². The summed E-state index contributed by atoms with van der Waals surface area (Å²) in [4.78, 5) is 4.86. The van der Waals surface area contributed by atoms with Crippen molar-refractivity contribution in [1.82, 2.24) is 14.1 Å². The normalized spacial score (nSPS) is 15.5. The minimum Gasteiger partial charge on any atom is -0.510 e. The number of aromatic nitrogens is 4. The van der Waals surface area contributed by atoms with E-state index in [0.717, 1.165) is 33.0 Å². The Labute approximate surface area is 572 Å². The average Bonchev–Trinajstić information content (AvgIpc) is 1.60. The van der Waals surface area contributed by atoms with Crippen molar-refractivity contribution in [3.8, 4) is 107 Å². The van der Waals surface area contributed by atoms with Gasteiger partial charge in [0.25, 0.3) is 6.33 Å². The Morgan fingerprint density at radius 2 is 0.989 bits per heavy atom. The molecular formula is C84H68N4OPt-2. The first-order valence-corrected chi connectivity index (χ1v) is 29.2. The van der Waals surface area contributed by atoms with E-state index in [-0.39, 0.29) is 93.8 Å². The predicted molar refractivity (Wildman–Crippen MR) is 368 cm³/mol. The molecule has 0 saturated carbocycles. The smallest absolute Gasteiger partial charge is 0.268 e. The summed E-state index contributed by atoms with van der Waals surface area (Å²) in [6, 6.07) is 25.1. The fourth-order valence-corrected chi connectivity index (χ4v) is 11.7. The molecule has 0 aliphatic carbocycles. The van der Waals surface area contributed by atoms with Gasteiger partial charge in [0.05, 0.1) is 45.5 Å². The Balaban J connectivity index is 0.0000103. The van der Waals surface area contributed by atoms with E-state index >= 15 is 0 Å². The molecule has 5 nitrogen and oxygen atoms in total. The molecule has 15 rings (SSSR count). The van der Waals surface area contributed by atoms with Crippen LogP contribution >= 0.6 is 0 Å². The van der Waals surface area contributed by atoms with Crippen molar-refractivity contribution in [3.63, 3.8) is 0 Å². The molecule has 1 aliphatic heterocycles. The van der Waals surface area contributed by atoms with E-state index in [1.54, 1.807) is 51.7 Å². The van der Waals surface area contributed by atoms with Gasteiger partial charge in [-0.15, -0.1) is 29.7 Å². The molecule has 0 bridgehead atoms. The van der Waals surface area contributed by atoms with Crippen LogP contribution in [0.5, 0.6) is 11.5 Å². The molecule has 90 heavy (non-hydrogen) atoms. The maximum atomic E-state index is 10.5. The van der Waals surface area contributed by atoms with Crippen LogP contribution in [0, 0.1) is 18.5 Å². The van der Waals surface area contributed by atoms with E-state index in [9.17, 15) is 20.6 Å². The second kappa shape index (κ2) is 22.4. The Hall–Kier alpha value is -9.67. The fraction of sp³-hybridized carbons (Fsp3) is 0.143. The fourth-order valence-electron chi connectivity index (χ4n) is 11.7. The minimum absolute atomic E-state index is 0. The van der Waals surface area contributed by atoms with Gasteiger partial charge in [0.2, 0.25) is 0 Å². The molecule has 1 aliphatic rings. The van der Waals surface area contributed by atoms with E-state index in [1.807, 2.05) is 65.2 Å². The van der Waals surface area contributed by atoms with E-state index in [2.05, 4.69) is 86.8 Å². The van der Waals surface area contributed by atoms with Gasteiger partial charge in [-0.05, 0) is 164 Å². The van der Waals surface area contributed by atoms with Gasteiger partial charge in [0.1, 0.15) is 5.82 Å². The molecule has 3 aromatic heterocycles. The standard InChI is InChI=1S/C84H68N4O.Pt/c1-82(2,3)61-40-41-85-79(50-61)88-76-37-21-20-34-72(76)73-39-38-66(52-77(73)88)89-65-29-22-28-64(51-65)86-53-87-80-67(60-45-62(83(4,5)6)49-63(46-60)84(7,8)9)35-23-36-74(80)70-32-18-16-30-68(70)69-31-17-19-33-71(69)75-47-59(48-78(86)81(75)87)58-43-56(54-24-12-10-13-25-54)42-57(44-58)55-26-14-11-15-27-55;/h10-50H,1-9H3;/q-2;/i10D,11D,12D,13D,14D,15D,16D,17D,18D,19D,24D,25D,26D,27D,30D,31D,32D,33D,42D,43D,44D;. The SMILES string of the molecule is [2H]c1c([2H])c([2H])c(-c2c([2H])c(-c3cc4c5c(c3)n(-c3[c-]c(Oc6[c-]c7c(cc6)c6ccccc6n7-c6cc(C(C)(C)C)ccn6)ccc3)[c-][n+]5-c3c(-c5cc(C(C)(C)C)cc(C(C)(C)C)c5)cccc3-c3c([2H])c([2H])c([2H])c([2H])c3-c3c([2H])c([2H])c([2H])c([2H])c3-4)c([2H])c(-c3c([2H])c([2H])c([2H])c([2H])c3[2H])c2[2H])c([2H])c1[2H].[Pt]. The van der Waals surface area contributed by atoms with Crippen LogP contribution in [0.15, 0.2) is 248 Å². The van der Waals surface area contributed by atoms with Gasteiger partial charge >= 0.3 is 0 Å². The van der Waals surface area contributed by atoms with Crippen molar-refractivity contribution in [1.29, 1.82) is 0 Å². The minimum atomic E-state index is -0.919. The zero-order valence-electron chi connectivity index (χ0n) is 71.6. The molecule has 4 heterocycles. The second-order valence-electron chi connectivity index (χ2n) is 25.3. The van der Waals surface area contributed by atoms with E-state index < -0.39 is 171 Å². The third-order valence-corrected chi connectivity index (χ3v) is 16.3. The van der Waals surface area contributed by atoms with Crippen LogP contribution in [-0.4, -0.2) is 14.1 Å². The molecule has 0 fully saturated rings. The van der Waals surface area contributed by atoms with E-state index in [0.29, 0.717) is 22.5 Å². The molecule has 0 saturated heterocycles. The van der Waals surface area contributed by atoms with Crippen LogP contribution in [-0.2, 0) is 37.3 Å². The first-order chi connectivity index (χ1) is 51.7. The molecule has 0 amide bonds. The number of pyridine rings is 1. The van der Waals surface area contributed by atoms with Crippen LogP contribution < -0.4 is 9.30 Å². The third-order valence-electron chi connectivity index (χ3n) is 16.3. The number of benzene rings is 11. The van der Waals surface area contributed by atoms with Crippen LogP contribution in [0.3, 0.4) is 0 Å². The molecule has 0 unspecified atom stereocenters. The Kier molecular flexibility index (Phi) is 9.64. The summed E-state index contributed by atoms with van der Waals surface area (Å²) in [6.07, 6.45) is 5.39. The molecule has 0 atom stereocenters. The zero-order chi connectivity index (χ0) is 79.2. The van der Waals surface area contributed by atoms with Gasteiger partial charge in [-0.1, -0.05) is 237 Å². The topological polar surface area (TPSA) is 35.9 Å². The molecule has 6 heteroatoms. The van der Waals surface area contributed by atoms with E-state index in [1.165, 1.54) is 12.1 Å². The van der Waals surface area contributed by atoms with Crippen molar-refractivity contribution in [2.45, 2.75) is 78.6 Å². The van der Waals surface area contributed by atoms with Gasteiger partial charge < -0.3 is 13.9 Å². The average molecular weight is 1370 g/mol. The number of para-hydroxylation sites is 2. The van der Waals surface area contributed by atoms with Crippen molar-refractivity contribution >= 4 is 32.8 Å². The summed E-state index contributed by atoms with van der Waals surface area (Å²) < 4.78 is 211. The number of nitrogens with zero attached hydrogens (tertiary/aromatic N) is 4. The first kappa shape index (κ1) is 38.7. The van der Waals surface area contributed by atoms with Crippen LogP contribution in [0.1, 0.15) is 108 Å². The summed E-state index contributed by atoms with van der Waals surface area (Å²) in [5, 5.41) is 1.80. The summed E-state index contributed by atoms with van der Waals surface area (Å²) in [7, 11) is 0. The largest absolute Gasteiger partial charge is 0.510 e. The first-order valence-electron chi connectivity index (χ1n) is 39.7. The number of ether oxygens (including phenoxy) is 1. The molecule has 0 N–H and O–H groups in total. The van der Waals surface area contributed by atoms with Crippen molar-refractivity contribution < 1.29 is 59.2 Å². The number of hydrogen-bond donors (Lipinski definition) is 0. The maximum absolute atomic E-state index is 10.5. The van der Waals surface area contributed by atoms with Crippen LogP contribution in [0.4, 0.5) is 0 Å². The molecule has 14 aromatic rings. The molecule has 11 aromatic carbocycles. The monoisotopic (exact) mass is 1360 g/mol. The number of fused-ring (bicyclic) bond motifs is 10. The maximum Gasteiger partial charge on any atom is 0.268 e. The van der Waals surface area contributed by atoms with Crippen molar-refractivity contribution in [2.75, 3.05) is 0 Å². The number of hydrogen-bond acceptors (Lipinski definition) is 2. The van der Waals surface area contributed by atoms with Crippen molar-refractivity contribution in [2.24, 2.45) is 0 Å². The molecule has 0 spiro atoms. The van der Waals surface area contributed by atoms with Crippen molar-refractivity contribution in [3.05, 3.63) is 283 Å². The Bertz CT molecular complexity index is 6240. The molecule has 442 valence electrons. The second-order valence-corrected chi connectivity index (χ2v) is 25.3. The summed E-state index contributed by atoms with van der Waals surface area (Å²) in [5.74, 6) is 1.04. The molecule has 0 radical (unpaired) electrons. The van der Waals surface area contributed by atoms with Gasteiger partial charge in [-0.25, -0.2) is 4.98 Å². The summed E-state index contributed by atoms with van der Waals surface area (Å²) >= 11 is 0. The van der Waals surface area contributed by atoms with Gasteiger partial charge in [-0.3, -0.25) is 4.57 Å². The van der Waals surface area contributed by atoms with Gasteiger partial charge in [0, 0.05) is 44.3 Å². The Morgan fingerprint density at radius 3 is 1.62 bits per heavy atom. The number of imidazole rings is 1. The predicted octanol–water partition coefficient (Wildman–Crippen LogP) is 21.5. The van der Waals surface area contributed by atoms with Gasteiger partial charge in [0.15, 0.2) is 0 Å². The van der Waals surface area contributed by atoms with Crippen LogP contribution in [0.25, 0.3) is 128 Å². The quantitative estimate of drug-likeness (QED) is 0.112. The van der Waals surface area contributed by atoms with E-state index in [4.69, 9.17) is 17.9 Å². The molecular weight excluding hydrogens is 1280 g/mol. The van der Waals surface area contributed by atoms with Crippen LogP contribution in [0.2, 0.25) is 0 Å². The third kappa shape index (κ3) is 10.4. The Morgan fingerprint density at radius 1 is 0.433 bits per heavy atom.